The second-order valence-electron chi connectivity index (χ2n) is 6.94. The van der Waals surface area contributed by atoms with Crippen molar-refractivity contribution in [3.05, 3.63) is 53.0 Å². The number of amides is 3. The first-order valence-corrected chi connectivity index (χ1v) is 11.8. The molecule has 2 aliphatic heterocycles. The number of hydrogen-bond acceptors (Lipinski definition) is 6. The molecule has 2 fully saturated rings. The number of imide groups is 1. The van der Waals surface area contributed by atoms with Gasteiger partial charge in [0, 0.05) is 26.1 Å². The first-order chi connectivity index (χ1) is 13.8. The van der Waals surface area contributed by atoms with E-state index in [0.717, 1.165) is 22.2 Å². The zero-order valence-corrected chi connectivity index (χ0v) is 17.6. The zero-order chi connectivity index (χ0) is 21.0. The van der Waals surface area contributed by atoms with Gasteiger partial charge < -0.3 is 4.90 Å². The molecule has 7 nitrogen and oxygen atoms in total. The van der Waals surface area contributed by atoms with Crippen LogP contribution in [0, 0.1) is 0 Å². The summed E-state index contributed by atoms with van der Waals surface area (Å²) in [5.41, 5.74) is 0.977. The van der Waals surface area contributed by atoms with Crippen molar-refractivity contribution < 1.29 is 22.8 Å². The summed E-state index contributed by atoms with van der Waals surface area (Å²) in [5, 5.41) is -0.409. The highest BCUT2D eigenvalue weighted by Crippen LogP contribution is 2.31. The van der Waals surface area contributed by atoms with Gasteiger partial charge in [0.1, 0.15) is 0 Å². The molecule has 0 unspecified atom stereocenters. The largest absolute Gasteiger partial charge is 0.342 e. The molecular weight excluding hydrogens is 412 g/mol. The lowest BCUT2D eigenvalue weighted by Gasteiger charge is -2.24. The quantitative estimate of drug-likeness (QED) is 0.638. The number of carbonyl (C=O) groups is 3. The minimum absolute atomic E-state index is 0.0208. The van der Waals surface area contributed by atoms with Gasteiger partial charge in [-0.05, 0) is 29.8 Å². The molecule has 0 bridgehead atoms. The minimum atomic E-state index is -3.09. The SMILES string of the molecule is CN(C(=O)CCN1C(=O)S/C(=C/C=C/c2ccccc2)C1=O)[C@H]1CCS(=O)(=O)C1. The van der Waals surface area contributed by atoms with Crippen molar-refractivity contribution in [1.29, 1.82) is 0 Å². The van der Waals surface area contributed by atoms with Crippen LogP contribution in [0.4, 0.5) is 4.79 Å². The molecule has 1 atom stereocenters. The normalized spacial score (nSPS) is 22.7. The molecule has 3 rings (SSSR count). The summed E-state index contributed by atoms with van der Waals surface area (Å²) in [7, 11) is -1.52. The number of sulfone groups is 1. The van der Waals surface area contributed by atoms with E-state index in [4.69, 9.17) is 0 Å². The van der Waals surface area contributed by atoms with Gasteiger partial charge in [0.25, 0.3) is 11.1 Å². The van der Waals surface area contributed by atoms with Crippen molar-refractivity contribution in [3.63, 3.8) is 0 Å². The molecule has 2 aliphatic rings. The lowest BCUT2D eigenvalue weighted by molar-refractivity contribution is -0.132. The van der Waals surface area contributed by atoms with Crippen molar-refractivity contribution in [2.24, 2.45) is 0 Å². The van der Waals surface area contributed by atoms with Gasteiger partial charge in [0.15, 0.2) is 9.84 Å². The van der Waals surface area contributed by atoms with E-state index in [2.05, 4.69) is 0 Å². The molecule has 0 N–H and O–H groups in total. The molecule has 9 heteroatoms. The molecule has 0 spiro atoms. The number of allylic oxidation sites excluding steroid dienone is 2. The molecule has 1 aromatic carbocycles. The van der Waals surface area contributed by atoms with Crippen LogP contribution in [0.3, 0.4) is 0 Å². The molecule has 3 amide bonds. The van der Waals surface area contributed by atoms with Gasteiger partial charge in [-0.15, -0.1) is 0 Å². The molecule has 2 heterocycles. The van der Waals surface area contributed by atoms with Gasteiger partial charge in [-0.2, -0.15) is 0 Å². The van der Waals surface area contributed by atoms with E-state index < -0.39 is 21.0 Å². The Morgan fingerprint density at radius 1 is 1.28 bits per heavy atom. The lowest BCUT2D eigenvalue weighted by atomic mass is 10.2. The summed E-state index contributed by atoms with van der Waals surface area (Å²) in [6.07, 6.45) is 5.53. The van der Waals surface area contributed by atoms with Crippen LogP contribution in [-0.2, 0) is 19.4 Å². The molecule has 0 aromatic heterocycles. The van der Waals surface area contributed by atoms with Gasteiger partial charge in [0.05, 0.1) is 16.4 Å². The summed E-state index contributed by atoms with van der Waals surface area (Å²) < 4.78 is 23.2. The third kappa shape index (κ3) is 5.36. The van der Waals surface area contributed by atoms with Crippen LogP contribution in [0.5, 0.6) is 0 Å². The maximum atomic E-state index is 12.5. The lowest BCUT2D eigenvalue weighted by Crippen LogP contribution is -2.40. The van der Waals surface area contributed by atoms with E-state index in [-0.39, 0.29) is 36.4 Å². The fourth-order valence-electron chi connectivity index (χ4n) is 3.19. The van der Waals surface area contributed by atoms with Gasteiger partial charge >= 0.3 is 0 Å². The Morgan fingerprint density at radius 3 is 2.66 bits per heavy atom. The molecule has 1 aromatic rings. The highest BCUT2D eigenvalue weighted by atomic mass is 32.2. The average molecular weight is 435 g/mol. The van der Waals surface area contributed by atoms with E-state index in [1.165, 1.54) is 4.90 Å². The summed E-state index contributed by atoms with van der Waals surface area (Å²) in [4.78, 5) is 39.8. The van der Waals surface area contributed by atoms with Gasteiger partial charge in [0.2, 0.25) is 5.91 Å². The fourth-order valence-corrected chi connectivity index (χ4v) is 5.78. The van der Waals surface area contributed by atoms with Crippen LogP contribution >= 0.6 is 11.8 Å². The van der Waals surface area contributed by atoms with Crippen molar-refractivity contribution in [3.8, 4) is 0 Å². The van der Waals surface area contributed by atoms with Crippen LogP contribution in [0.1, 0.15) is 18.4 Å². The summed E-state index contributed by atoms with van der Waals surface area (Å²) in [5.74, 6) is -0.650. The van der Waals surface area contributed by atoms with E-state index in [0.29, 0.717) is 11.3 Å². The second-order valence-corrected chi connectivity index (χ2v) is 10.2. The Balaban J connectivity index is 1.55. The molecular formula is C20H22N2O5S2. The second kappa shape index (κ2) is 8.96. The average Bonchev–Trinajstić information content (AvgIpc) is 3.19. The fraction of sp³-hybridized carbons (Fsp3) is 0.350. The minimum Gasteiger partial charge on any atom is -0.342 e. The van der Waals surface area contributed by atoms with Crippen LogP contribution in [0.15, 0.2) is 47.4 Å². The molecule has 2 saturated heterocycles. The van der Waals surface area contributed by atoms with Crippen LogP contribution < -0.4 is 0 Å². The zero-order valence-electron chi connectivity index (χ0n) is 16.0. The molecule has 154 valence electrons. The number of thioether (sulfide) groups is 1. The van der Waals surface area contributed by atoms with Gasteiger partial charge in [-0.25, -0.2) is 8.42 Å². The summed E-state index contributed by atoms with van der Waals surface area (Å²) in [6.45, 7) is -0.0208. The van der Waals surface area contributed by atoms with Gasteiger partial charge in [-0.3, -0.25) is 19.3 Å². The Morgan fingerprint density at radius 2 is 2.00 bits per heavy atom. The Labute approximate surface area is 174 Å². The van der Waals surface area contributed by atoms with Crippen LogP contribution in [0.2, 0.25) is 0 Å². The van der Waals surface area contributed by atoms with Gasteiger partial charge in [-0.1, -0.05) is 42.5 Å². The molecule has 0 radical (unpaired) electrons. The highest BCUT2D eigenvalue weighted by molar-refractivity contribution is 8.18. The smallest absolute Gasteiger partial charge is 0.293 e. The highest BCUT2D eigenvalue weighted by Gasteiger charge is 2.36. The number of rotatable bonds is 6. The maximum Gasteiger partial charge on any atom is 0.293 e. The number of benzene rings is 1. The van der Waals surface area contributed by atoms with E-state index in [9.17, 15) is 22.8 Å². The van der Waals surface area contributed by atoms with Crippen molar-refractivity contribution >= 4 is 44.7 Å². The van der Waals surface area contributed by atoms with Crippen molar-refractivity contribution in [2.45, 2.75) is 18.9 Å². The van der Waals surface area contributed by atoms with E-state index in [1.54, 1.807) is 19.2 Å². The number of nitrogens with zero attached hydrogens (tertiary/aromatic N) is 2. The maximum absolute atomic E-state index is 12.5. The molecule has 0 saturated carbocycles. The standard InChI is InChI=1S/C20H22N2O5S2/c1-21(16-11-13-29(26,27)14-16)18(23)10-12-22-19(24)17(28-20(22)25)9-5-8-15-6-3-2-4-7-15/h2-9,16H,10-14H2,1H3/b8-5+,17-9+/t16-/m0/s1. The Hall–Kier alpha value is -2.39. The van der Waals surface area contributed by atoms with Crippen molar-refractivity contribution in [2.75, 3.05) is 25.1 Å². The molecule has 29 heavy (non-hydrogen) atoms. The first-order valence-electron chi connectivity index (χ1n) is 9.20. The topological polar surface area (TPSA) is 91.8 Å². The van der Waals surface area contributed by atoms with E-state index in [1.807, 2.05) is 36.4 Å². The molecule has 0 aliphatic carbocycles. The predicted molar refractivity (Wildman–Crippen MR) is 113 cm³/mol. The van der Waals surface area contributed by atoms with Crippen LogP contribution in [0.25, 0.3) is 6.08 Å². The number of hydrogen-bond donors (Lipinski definition) is 0. The van der Waals surface area contributed by atoms with Crippen LogP contribution in [-0.4, -0.2) is 66.4 Å². The monoisotopic (exact) mass is 434 g/mol. The number of carbonyl (C=O) groups excluding carboxylic acids is 3. The van der Waals surface area contributed by atoms with Crippen molar-refractivity contribution in [1.82, 2.24) is 9.80 Å². The third-order valence-corrected chi connectivity index (χ3v) is 7.58. The summed E-state index contributed by atoms with van der Waals surface area (Å²) >= 11 is 0.845. The van der Waals surface area contributed by atoms with E-state index >= 15 is 0 Å². The Kier molecular flexibility index (Phi) is 6.59. The summed E-state index contributed by atoms with van der Waals surface area (Å²) in [6, 6.07) is 9.23. The Bertz CT molecular complexity index is 970. The predicted octanol–water partition coefficient (Wildman–Crippen LogP) is 2.31. The first kappa shape index (κ1) is 21.3. The third-order valence-electron chi connectivity index (χ3n) is 4.91.